The molecule has 5 N–H and O–H groups in total. The van der Waals surface area contributed by atoms with Gasteiger partial charge in [-0.05, 0) is 31.5 Å². The number of aromatic nitrogens is 1. The Balaban J connectivity index is 1.82. The van der Waals surface area contributed by atoms with Crippen LogP contribution in [0.5, 0.6) is 0 Å². The van der Waals surface area contributed by atoms with E-state index in [9.17, 15) is 20.1 Å². The largest absolute Gasteiger partial charge is 0.464 e. The van der Waals surface area contributed by atoms with Crippen LogP contribution in [0.15, 0.2) is 22.8 Å². The van der Waals surface area contributed by atoms with Crippen LogP contribution < -0.4 is 16.8 Å². The molecule has 34 heavy (non-hydrogen) atoms. The van der Waals surface area contributed by atoms with Gasteiger partial charge in [0.25, 0.3) is 5.91 Å². The van der Waals surface area contributed by atoms with Crippen LogP contribution in [0.25, 0.3) is 21.5 Å². The number of anilines is 3. The van der Waals surface area contributed by atoms with E-state index in [4.69, 9.17) is 20.6 Å². The van der Waals surface area contributed by atoms with Gasteiger partial charge in [-0.25, -0.2) is 9.78 Å². The maximum absolute atomic E-state index is 13.2. The van der Waals surface area contributed by atoms with Crippen LogP contribution in [-0.2, 0) is 4.74 Å². The number of nitrogens with two attached hydrogens (primary N) is 2. The number of nitrogen functional groups attached to an aromatic ring is 2. The maximum Gasteiger partial charge on any atom is 0.348 e. The SMILES string of the molecule is CCOC(=O)c1sc(NC(=O)c2sc3nc(N)c(C#N)c(-c4ccco4)c3c2N)c(C#N)c1C. The molecule has 0 radical (unpaired) electrons. The van der Waals surface area contributed by atoms with Crippen molar-refractivity contribution in [2.75, 3.05) is 23.4 Å². The molecular weight excluding hydrogens is 476 g/mol. The minimum absolute atomic E-state index is 0.0191. The van der Waals surface area contributed by atoms with E-state index in [0.717, 1.165) is 22.7 Å². The van der Waals surface area contributed by atoms with Gasteiger partial charge in [-0.1, -0.05) is 0 Å². The van der Waals surface area contributed by atoms with E-state index in [1.54, 1.807) is 26.0 Å². The van der Waals surface area contributed by atoms with Crippen molar-refractivity contribution in [3.05, 3.63) is 44.8 Å². The van der Waals surface area contributed by atoms with E-state index in [1.165, 1.54) is 6.26 Å². The summed E-state index contributed by atoms with van der Waals surface area (Å²) in [6.07, 6.45) is 1.44. The van der Waals surface area contributed by atoms with Crippen LogP contribution in [0.3, 0.4) is 0 Å². The average molecular weight is 493 g/mol. The first-order chi connectivity index (χ1) is 16.3. The van der Waals surface area contributed by atoms with Crippen molar-refractivity contribution in [2.45, 2.75) is 13.8 Å². The number of ether oxygens (including phenoxy) is 1. The number of furan rings is 1. The molecule has 12 heteroatoms. The molecule has 0 unspecified atom stereocenters. The number of esters is 1. The molecular formula is C22H16N6O4S2. The fourth-order valence-corrected chi connectivity index (χ4v) is 5.46. The van der Waals surface area contributed by atoms with Crippen molar-refractivity contribution >= 4 is 61.3 Å². The third kappa shape index (κ3) is 3.61. The summed E-state index contributed by atoms with van der Waals surface area (Å²) >= 11 is 1.93. The number of hydrogen-bond donors (Lipinski definition) is 3. The van der Waals surface area contributed by atoms with Gasteiger partial charge in [0.1, 0.15) is 48.9 Å². The number of nitrogens with one attached hydrogen (secondary N) is 1. The average Bonchev–Trinajstić information content (AvgIpc) is 3.51. The smallest absolute Gasteiger partial charge is 0.348 e. The molecule has 4 heterocycles. The minimum Gasteiger partial charge on any atom is -0.464 e. The minimum atomic E-state index is -0.601. The van der Waals surface area contributed by atoms with Gasteiger partial charge in [-0.3, -0.25) is 4.79 Å². The molecule has 4 aromatic rings. The Kier molecular flexibility index (Phi) is 5.94. The molecule has 0 bridgehead atoms. The van der Waals surface area contributed by atoms with Crippen molar-refractivity contribution in [1.82, 2.24) is 4.98 Å². The van der Waals surface area contributed by atoms with Crippen molar-refractivity contribution in [1.29, 1.82) is 10.5 Å². The second-order valence-corrected chi connectivity index (χ2v) is 8.93. The third-order valence-corrected chi connectivity index (χ3v) is 7.22. The molecule has 0 aliphatic rings. The summed E-state index contributed by atoms with van der Waals surface area (Å²) in [4.78, 5) is 30.3. The lowest BCUT2D eigenvalue weighted by atomic mass is 10.0. The van der Waals surface area contributed by atoms with Gasteiger partial charge in [0, 0.05) is 5.39 Å². The molecule has 10 nitrogen and oxygen atoms in total. The summed E-state index contributed by atoms with van der Waals surface area (Å²) in [6.45, 7) is 3.46. The maximum atomic E-state index is 13.2. The van der Waals surface area contributed by atoms with Crippen LogP contribution in [0.1, 0.15) is 43.0 Å². The Bertz CT molecular complexity index is 1540. The first-order valence-electron chi connectivity index (χ1n) is 9.79. The number of fused-ring (bicyclic) bond motifs is 1. The van der Waals surface area contributed by atoms with Gasteiger partial charge in [-0.2, -0.15) is 10.5 Å². The molecule has 0 aliphatic carbocycles. The van der Waals surface area contributed by atoms with Gasteiger partial charge >= 0.3 is 5.97 Å². The molecule has 0 fully saturated rings. The number of carbonyl (C=O) groups is 2. The Morgan fingerprint density at radius 3 is 2.56 bits per heavy atom. The number of pyridine rings is 1. The van der Waals surface area contributed by atoms with Gasteiger partial charge in [0.05, 0.1) is 29.7 Å². The topological polar surface area (TPSA) is 181 Å². The second-order valence-electron chi connectivity index (χ2n) is 6.91. The van der Waals surface area contributed by atoms with Crippen LogP contribution in [0, 0.1) is 29.6 Å². The number of rotatable bonds is 5. The fraction of sp³-hybridized carbons (Fsp3) is 0.136. The zero-order valence-corrected chi connectivity index (χ0v) is 19.5. The number of thiophene rings is 2. The van der Waals surface area contributed by atoms with Gasteiger partial charge < -0.3 is 25.9 Å². The van der Waals surface area contributed by atoms with Crippen molar-refractivity contribution in [3.8, 4) is 23.5 Å². The quantitative estimate of drug-likeness (QED) is 0.343. The molecule has 4 rings (SSSR count). The molecule has 4 aromatic heterocycles. The summed E-state index contributed by atoms with van der Waals surface area (Å²) in [5.74, 6) is -0.840. The summed E-state index contributed by atoms with van der Waals surface area (Å²) < 4.78 is 10.5. The number of nitrogens with zero attached hydrogens (tertiary/aromatic N) is 3. The molecule has 0 aliphatic heterocycles. The van der Waals surface area contributed by atoms with E-state index >= 15 is 0 Å². The molecule has 0 atom stereocenters. The van der Waals surface area contributed by atoms with Crippen molar-refractivity contribution < 1.29 is 18.7 Å². The summed E-state index contributed by atoms with van der Waals surface area (Å²) in [7, 11) is 0. The molecule has 170 valence electrons. The molecule has 1 amide bonds. The first-order valence-corrected chi connectivity index (χ1v) is 11.4. The highest BCUT2D eigenvalue weighted by Crippen LogP contribution is 2.43. The van der Waals surface area contributed by atoms with E-state index in [-0.39, 0.29) is 44.0 Å². The van der Waals surface area contributed by atoms with Crippen molar-refractivity contribution in [3.63, 3.8) is 0 Å². The predicted molar refractivity (Wildman–Crippen MR) is 129 cm³/mol. The zero-order valence-electron chi connectivity index (χ0n) is 17.9. The Hall–Kier alpha value is -4.39. The highest BCUT2D eigenvalue weighted by molar-refractivity contribution is 7.22. The Morgan fingerprint density at radius 2 is 1.94 bits per heavy atom. The van der Waals surface area contributed by atoms with Crippen LogP contribution in [-0.4, -0.2) is 23.5 Å². The van der Waals surface area contributed by atoms with Gasteiger partial charge in [0.2, 0.25) is 0 Å². The highest BCUT2D eigenvalue weighted by atomic mass is 32.1. The van der Waals surface area contributed by atoms with E-state index in [0.29, 0.717) is 27.1 Å². The standard InChI is InChI=1S/C22H16N6O4S2/c1-3-31-22(30)16-9(2)10(7-23)20(33-16)28-19(29)17-15(25)14-13(12-5-4-6-32-12)11(8-24)18(26)27-21(14)34-17/h4-6H,3,25H2,1-2H3,(H2,26,27)(H,28,29). The van der Waals surface area contributed by atoms with Crippen LogP contribution in [0.4, 0.5) is 16.5 Å². The molecule has 0 aromatic carbocycles. The lowest BCUT2D eigenvalue weighted by Crippen LogP contribution is -2.12. The number of hydrogen-bond acceptors (Lipinski definition) is 11. The van der Waals surface area contributed by atoms with E-state index in [2.05, 4.69) is 10.3 Å². The summed E-state index contributed by atoms with van der Waals surface area (Å²) in [5, 5.41) is 22.4. The Morgan fingerprint density at radius 1 is 1.21 bits per heavy atom. The number of amides is 1. The Labute approximate surface area is 201 Å². The summed E-state index contributed by atoms with van der Waals surface area (Å²) in [6, 6.07) is 7.33. The van der Waals surface area contributed by atoms with Gasteiger partial charge in [0.15, 0.2) is 0 Å². The normalized spacial score (nSPS) is 10.6. The number of carbonyl (C=O) groups excluding carboxylic acids is 2. The highest BCUT2D eigenvalue weighted by Gasteiger charge is 2.27. The predicted octanol–water partition coefficient (Wildman–Crippen LogP) is 4.26. The van der Waals surface area contributed by atoms with Crippen LogP contribution in [0.2, 0.25) is 0 Å². The summed E-state index contributed by atoms with van der Waals surface area (Å²) in [5.41, 5.74) is 13.4. The lowest BCUT2D eigenvalue weighted by molar-refractivity contribution is 0.0531. The fourth-order valence-electron chi connectivity index (χ4n) is 3.41. The van der Waals surface area contributed by atoms with Crippen molar-refractivity contribution in [2.24, 2.45) is 0 Å². The second kappa shape index (κ2) is 8.86. The van der Waals surface area contributed by atoms with E-state index in [1.807, 2.05) is 12.1 Å². The number of nitriles is 2. The lowest BCUT2D eigenvalue weighted by Gasteiger charge is -2.07. The van der Waals surface area contributed by atoms with Crippen LogP contribution >= 0.6 is 22.7 Å². The monoisotopic (exact) mass is 492 g/mol. The van der Waals surface area contributed by atoms with Gasteiger partial charge in [-0.15, -0.1) is 22.7 Å². The molecule has 0 saturated heterocycles. The first kappa shape index (κ1) is 22.8. The molecule has 0 spiro atoms. The molecule has 0 saturated carbocycles. The third-order valence-electron chi connectivity index (χ3n) is 4.94. The zero-order chi connectivity index (χ0) is 24.6. The van der Waals surface area contributed by atoms with E-state index < -0.39 is 11.9 Å².